The SMILES string of the molecule is CCn1nc(C)c(Cl)c1COc1ccc(F)cc1CCN. The molecule has 1 aromatic carbocycles. The first-order valence-electron chi connectivity index (χ1n) is 6.89. The maximum absolute atomic E-state index is 13.3. The van der Waals surface area contributed by atoms with Crippen LogP contribution in [0.15, 0.2) is 18.2 Å². The third kappa shape index (κ3) is 3.54. The van der Waals surface area contributed by atoms with Crippen molar-refractivity contribution in [1.82, 2.24) is 9.78 Å². The number of nitrogens with two attached hydrogens (primary N) is 1. The van der Waals surface area contributed by atoms with Crippen molar-refractivity contribution in [2.75, 3.05) is 6.54 Å². The van der Waals surface area contributed by atoms with Gasteiger partial charge in [-0.2, -0.15) is 5.10 Å². The van der Waals surface area contributed by atoms with Gasteiger partial charge < -0.3 is 10.5 Å². The van der Waals surface area contributed by atoms with Crippen molar-refractivity contribution in [1.29, 1.82) is 0 Å². The molecule has 1 heterocycles. The third-order valence-electron chi connectivity index (χ3n) is 3.25. The van der Waals surface area contributed by atoms with Gasteiger partial charge in [-0.3, -0.25) is 4.68 Å². The van der Waals surface area contributed by atoms with Gasteiger partial charge in [0.25, 0.3) is 0 Å². The fourth-order valence-electron chi connectivity index (χ4n) is 2.19. The number of aromatic nitrogens is 2. The van der Waals surface area contributed by atoms with Crippen molar-refractivity contribution in [2.45, 2.75) is 33.4 Å². The summed E-state index contributed by atoms with van der Waals surface area (Å²) < 4.78 is 20.9. The van der Waals surface area contributed by atoms with Crippen LogP contribution in [0.25, 0.3) is 0 Å². The molecule has 0 saturated carbocycles. The monoisotopic (exact) mass is 311 g/mol. The summed E-state index contributed by atoms with van der Waals surface area (Å²) in [5, 5.41) is 4.95. The van der Waals surface area contributed by atoms with E-state index < -0.39 is 0 Å². The van der Waals surface area contributed by atoms with Gasteiger partial charge in [0.2, 0.25) is 0 Å². The zero-order valence-corrected chi connectivity index (χ0v) is 13.0. The summed E-state index contributed by atoms with van der Waals surface area (Å²) >= 11 is 6.24. The van der Waals surface area contributed by atoms with E-state index in [1.54, 1.807) is 6.07 Å². The molecule has 2 aromatic rings. The zero-order chi connectivity index (χ0) is 15.4. The van der Waals surface area contributed by atoms with Crippen LogP contribution in [0, 0.1) is 12.7 Å². The van der Waals surface area contributed by atoms with E-state index >= 15 is 0 Å². The number of halogens is 2. The summed E-state index contributed by atoms with van der Waals surface area (Å²) in [6.45, 7) is 5.29. The van der Waals surface area contributed by atoms with Gasteiger partial charge >= 0.3 is 0 Å². The first-order valence-corrected chi connectivity index (χ1v) is 7.27. The van der Waals surface area contributed by atoms with E-state index in [1.165, 1.54) is 12.1 Å². The lowest BCUT2D eigenvalue weighted by molar-refractivity contribution is 0.289. The molecule has 0 bridgehead atoms. The van der Waals surface area contributed by atoms with Gasteiger partial charge in [0.05, 0.1) is 16.4 Å². The Labute approximate surface area is 128 Å². The van der Waals surface area contributed by atoms with Gasteiger partial charge in [-0.25, -0.2) is 4.39 Å². The maximum Gasteiger partial charge on any atom is 0.131 e. The molecule has 6 heteroatoms. The lowest BCUT2D eigenvalue weighted by atomic mass is 10.1. The van der Waals surface area contributed by atoms with Crippen LogP contribution in [0.3, 0.4) is 0 Å². The van der Waals surface area contributed by atoms with Crippen molar-refractivity contribution < 1.29 is 9.13 Å². The fourth-order valence-corrected chi connectivity index (χ4v) is 2.38. The molecule has 0 unspecified atom stereocenters. The molecule has 1 aromatic heterocycles. The van der Waals surface area contributed by atoms with Crippen molar-refractivity contribution in [3.8, 4) is 5.75 Å². The second kappa shape index (κ2) is 6.91. The van der Waals surface area contributed by atoms with Crippen LogP contribution in [-0.2, 0) is 19.6 Å². The standard InChI is InChI=1S/C15H19ClFN3O/c1-3-20-13(15(16)10(2)19-20)9-21-14-5-4-12(17)8-11(14)6-7-18/h4-5,8H,3,6-7,9,18H2,1-2H3. The molecular formula is C15H19ClFN3O. The summed E-state index contributed by atoms with van der Waals surface area (Å²) in [6, 6.07) is 4.44. The van der Waals surface area contributed by atoms with Gasteiger partial charge in [-0.05, 0) is 50.6 Å². The number of benzene rings is 1. The van der Waals surface area contributed by atoms with Crippen LogP contribution >= 0.6 is 11.6 Å². The molecule has 0 spiro atoms. The molecule has 0 saturated heterocycles. The Kier molecular flexibility index (Phi) is 5.20. The smallest absolute Gasteiger partial charge is 0.131 e. The van der Waals surface area contributed by atoms with Crippen LogP contribution in [-0.4, -0.2) is 16.3 Å². The first kappa shape index (κ1) is 15.8. The fraction of sp³-hybridized carbons (Fsp3) is 0.400. The highest BCUT2D eigenvalue weighted by atomic mass is 35.5. The van der Waals surface area contributed by atoms with Crippen LogP contribution in [0.5, 0.6) is 5.75 Å². The number of rotatable bonds is 6. The van der Waals surface area contributed by atoms with Crippen molar-refractivity contribution >= 4 is 11.6 Å². The Morgan fingerprint density at radius 2 is 2.19 bits per heavy atom. The van der Waals surface area contributed by atoms with Crippen LogP contribution < -0.4 is 10.5 Å². The van der Waals surface area contributed by atoms with Crippen molar-refractivity contribution in [3.63, 3.8) is 0 Å². The zero-order valence-electron chi connectivity index (χ0n) is 12.2. The van der Waals surface area contributed by atoms with Gasteiger partial charge in [-0.15, -0.1) is 0 Å². The highest BCUT2D eigenvalue weighted by molar-refractivity contribution is 6.31. The van der Waals surface area contributed by atoms with E-state index in [9.17, 15) is 4.39 Å². The average Bonchev–Trinajstić information content (AvgIpc) is 2.74. The van der Waals surface area contributed by atoms with E-state index in [2.05, 4.69) is 5.10 Å². The highest BCUT2D eigenvalue weighted by Crippen LogP contribution is 2.25. The Morgan fingerprint density at radius 3 is 2.86 bits per heavy atom. The van der Waals surface area contributed by atoms with Gasteiger partial charge in [-0.1, -0.05) is 11.6 Å². The molecule has 0 radical (unpaired) electrons. The second-order valence-corrected chi connectivity index (χ2v) is 5.12. The molecule has 4 nitrogen and oxygen atoms in total. The number of hydrogen-bond acceptors (Lipinski definition) is 3. The quantitative estimate of drug-likeness (QED) is 0.892. The summed E-state index contributed by atoms with van der Waals surface area (Å²) in [5.74, 6) is 0.331. The summed E-state index contributed by atoms with van der Waals surface area (Å²) in [6.07, 6.45) is 0.562. The molecular weight excluding hydrogens is 293 g/mol. The highest BCUT2D eigenvalue weighted by Gasteiger charge is 2.14. The number of aryl methyl sites for hydroxylation is 2. The molecule has 0 aliphatic heterocycles. The first-order chi connectivity index (χ1) is 10.1. The van der Waals surface area contributed by atoms with Gasteiger partial charge in [0, 0.05) is 6.54 Å². The molecule has 21 heavy (non-hydrogen) atoms. The molecule has 0 aliphatic carbocycles. The molecule has 0 atom stereocenters. The molecule has 0 amide bonds. The second-order valence-electron chi connectivity index (χ2n) is 4.74. The number of hydrogen-bond donors (Lipinski definition) is 1. The maximum atomic E-state index is 13.3. The van der Waals surface area contributed by atoms with Crippen molar-refractivity contribution in [3.05, 3.63) is 46.0 Å². The summed E-state index contributed by atoms with van der Waals surface area (Å²) in [7, 11) is 0. The topological polar surface area (TPSA) is 53.1 Å². The summed E-state index contributed by atoms with van der Waals surface area (Å²) in [5.41, 5.74) is 7.90. The number of nitrogens with zero attached hydrogens (tertiary/aromatic N) is 2. The van der Waals surface area contributed by atoms with E-state index in [-0.39, 0.29) is 12.4 Å². The predicted octanol–water partition coefficient (Wildman–Crippen LogP) is 3.08. The van der Waals surface area contributed by atoms with Crippen LogP contribution in [0.2, 0.25) is 5.02 Å². The Balaban J connectivity index is 2.20. The minimum Gasteiger partial charge on any atom is -0.487 e. The van der Waals surface area contributed by atoms with Crippen molar-refractivity contribution in [2.24, 2.45) is 5.73 Å². The van der Waals surface area contributed by atoms with E-state index in [0.29, 0.717) is 30.3 Å². The Bertz CT molecular complexity index is 628. The van der Waals surface area contributed by atoms with Gasteiger partial charge in [0.1, 0.15) is 18.2 Å². The Hall–Kier alpha value is -1.59. The minimum atomic E-state index is -0.293. The predicted molar refractivity (Wildman–Crippen MR) is 81.1 cm³/mol. The largest absolute Gasteiger partial charge is 0.487 e. The van der Waals surface area contributed by atoms with Crippen LogP contribution in [0.4, 0.5) is 4.39 Å². The van der Waals surface area contributed by atoms with E-state index in [4.69, 9.17) is 22.1 Å². The lowest BCUT2D eigenvalue weighted by Gasteiger charge is -2.12. The molecule has 0 aliphatic rings. The van der Waals surface area contributed by atoms with Crippen LogP contribution in [0.1, 0.15) is 23.9 Å². The molecule has 2 N–H and O–H groups in total. The lowest BCUT2D eigenvalue weighted by Crippen LogP contribution is -2.09. The Morgan fingerprint density at radius 1 is 1.43 bits per heavy atom. The van der Waals surface area contributed by atoms with E-state index in [0.717, 1.165) is 17.0 Å². The normalized spacial score (nSPS) is 10.9. The minimum absolute atomic E-state index is 0.288. The summed E-state index contributed by atoms with van der Waals surface area (Å²) in [4.78, 5) is 0. The molecule has 0 fully saturated rings. The number of ether oxygens (including phenoxy) is 1. The van der Waals surface area contributed by atoms with E-state index in [1.807, 2.05) is 18.5 Å². The average molecular weight is 312 g/mol. The molecule has 2 rings (SSSR count). The molecule has 114 valence electrons. The third-order valence-corrected chi connectivity index (χ3v) is 3.75. The van der Waals surface area contributed by atoms with Gasteiger partial charge in [0.15, 0.2) is 0 Å².